The van der Waals surface area contributed by atoms with Crippen molar-refractivity contribution in [2.75, 3.05) is 36.0 Å². The molecule has 0 unspecified atom stereocenters. The second-order valence-corrected chi connectivity index (χ2v) is 8.07. The Labute approximate surface area is 174 Å². The number of nitrogens with zero attached hydrogens (tertiary/aromatic N) is 7. The number of nitriles is 1. The third-order valence-electron chi connectivity index (χ3n) is 5.77. The smallest absolute Gasteiger partial charge is 0.225 e. The van der Waals surface area contributed by atoms with Crippen LogP contribution < -0.4 is 9.80 Å². The van der Waals surface area contributed by atoms with Gasteiger partial charge in [-0.05, 0) is 31.0 Å². The number of fused-ring (bicyclic) bond motifs is 1. The first-order valence-corrected chi connectivity index (χ1v) is 10.2. The van der Waals surface area contributed by atoms with Crippen LogP contribution in [0.1, 0.15) is 24.5 Å². The van der Waals surface area contributed by atoms with Gasteiger partial charge in [0.2, 0.25) is 5.95 Å². The molecule has 0 atom stereocenters. The zero-order chi connectivity index (χ0) is 19.8. The number of aromatic nitrogens is 4. The van der Waals surface area contributed by atoms with Gasteiger partial charge in [0.1, 0.15) is 0 Å². The number of hydrogen-bond acceptors (Lipinski definition) is 7. The van der Waals surface area contributed by atoms with Crippen LogP contribution in [-0.4, -0.2) is 46.1 Å². The Kier molecular flexibility index (Phi) is 4.64. The highest BCUT2D eigenvalue weighted by Gasteiger charge is 2.34. The molecule has 146 valence electrons. The van der Waals surface area contributed by atoms with E-state index in [-0.39, 0.29) is 5.92 Å². The molecule has 7 nitrogen and oxygen atoms in total. The molecular weight excluding hydrogens is 386 g/mol. The molecule has 0 spiro atoms. The lowest BCUT2D eigenvalue weighted by Crippen LogP contribution is -2.47. The van der Waals surface area contributed by atoms with Gasteiger partial charge in [-0.25, -0.2) is 15.0 Å². The topological polar surface area (TPSA) is 81.8 Å². The first-order valence-electron chi connectivity index (χ1n) is 9.84. The minimum Gasteiger partial charge on any atom is -0.355 e. The van der Waals surface area contributed by atoms with E-state index < -0.39 is 0 Å². The highest BCUT2D eigenvalue weighted by Crippen LogP contribution is 2.34. The summed E-state index contributed by atoms with van der Waals surface area (Å²) in [6.45, 7) is 3.34. The molecule has 0 bridgehead atoms. The van der Waals surface area contributed by atoms with Gasteiger partial charge >= 0.3 is 0 Å². The van der Waals surface area contributed by atoms with Crippen LogP contribution in [0.25, 0.3) is 10.9 Å². The summed E-state index contributed by atoms with van der Waals surface area (Å²) in [6, 6.07) is 8.03. The zero-order valence-corrected chi connectivity index (χ0v) is 16.6. The van der Waals surface area contributed by atoms with Gasteiger partial charge in [-0.15, -0.1) is 0 Å². The van der Waals surface area contributed by atoms with Gasteiger partial charge < -0.3 is 9.80 Å². The number of hydrogen-bond donors (Lipinski definition) is 0. The molecule has 0 radical (unpaired) electrons. The predicted molar refractivity (Wildman–Crippen MR) is 112 cm³/mol. The molecule has 4 heterocycles. The standard InChI is InChI=1S/C21H20ClN7/c22-17-2-1-15-11-26-21(27-18(15)9-17)29-12-16(13-29)19-20(25-6-5-24-19)28-7-3-14(10-23)4-8-28/h1-2,5-6,9,11,14,16H,3-4,7-8,12-13H2. The summed E-state index contributed by atoms with van der Waals surface area (Å²) in [7, 11) is 0. The molecule has 0 aliphatic carbocycles. The van der Waals surface area contributed by atoms with Crippen molar-refractivity contribution in [3.05, 3.63) is 47.5 Å². The van der Waals surface area contributed by atoms with Crippen molar-refractivity contribution in [1.29, 1.82) is 5.26 Å². The van der Waals surface area contributed by atoms with Crippen LogP contribution in [0.2, 0.25) is 5.02 Å². The maximum Gasteiger partial charge on any atom is 0.225 e. The van der Waals surface area contributed by atoms with Crippen molar-refractivity contribution in [1.82, 2.24) is 19.9 Å². The Morgan fingerprint density at radius 2 is 1.83 bits per heavy atom. The van der Waals surface area contributed by atoms with Crippen LogP contribution in [0.4, 0.5) is 11.8 Å². The summed E-state index contributed by atoms with van der Waals surface area (Å²) in [5.74, 6) is 2.13. The van der Waals surface area contributed by atoms with Crippen LogP contribution in [0.3, 0.4) is 0 Å². The van der Waals surface area contributed by atoms with E-state index in [1.807, 2.05) is 24.4 Å². The van der Waals surface area contributed by atoms with E-state index in [9.17, 15) is 0 Å². The second-order valence-electron chi connectivity index (χ2n) is 7.63. The lowest BCUT2D eigenvalue weighted by molar-refractivity contribution is 0.472. The molecule has 29 heavy (non-hydrogen) atoms. The van der Waals surface area contributed by atoms with E-state index in [1.54, 1.807) is 12.4 Å². The van der Waals surface area contributed by atoms with Crippen LogP contribution in [0, 0.1) is 17.2 Å². The molecule has 3 aromatic rings. The van der Waals surface area contributed by atoms with Crippen molar-refractivity contribution in [3.63, 3.8) is 0 Å². The van der Waals surface area contributed by atoms with Crippen LogP contribution in [0.5, 0.6) is 0 Å². The number of rotatable bonds is 3. The molecule has 2 aliphatic rings. The molecule has 0 N–H and O–H groups in total. The Balaban J connectivity index is 1.32. The molecular formula is C21H20ClN7. The van der Waals surface area contributed by atoms with Crippen LogP contribution >= 0.6 is 11.6 Å². The van der Waals surface area contributed by atoms with E-state index in [1.165, 1.54) is 0 Å². The maximum atomic E-state index is 9.14. The Morgan fingerprint density at radius 1 is 1.03 bits per heavy atom. The van der Waals surface area contributed by atoms with Crippen molar-refractivity contribution in [3.8, 4) is 6.07 Å². The zero-order valence-electron chi connectivity index (χ0n) is 15.9. The van der Waals surface area contributed by atoms with E-state index >= 15 is 0 Å². The minimum absolute atomic E-state index is 0.157. The fourth-order valence-corrected chi connectivity index (χ4v) is 4.21. The van der Waals surface area contributed by atoms with Crippen LogP contribution in [0.15, 0.2) is 36.8 Å². The molecule has 5 rings (SSSR count). The SMILES string of the molecule is N#CC1CCN(c2nccnc2C2CN(c3ncc4ccc(Cl)cc4n3)C2)CC1. The van der Waals surface area contributed by atoms with E-state index in [0.29, 0.717) is 10.9 Å². The van der Waals surface area contributed by atoms with Gasteiger partial charge in [0, 0.05) is 67.0 Å². The van der Waals surface area contributed by atoms with Gasteiger partial charge in [0.05, 0.1) is 17.3 Å². The highest BCUT2D eigenvalue weighted by atomic mass is 35.5. The van der Waals surface area contributed by atoms with E-state index in [0.717, 1.165) is 67.4 Å². The molecule has 2 fully saturated rings. The lowest BCUT2D eigenvalue weighted by Gasteiger charge is -2.40. The predicted octanol–water partition coefficient (Wildman–Crippen LogP) is 3.42. The van der Waals surface area contributed by atoms with Gasteiger partial charge in [0.25, 0.3) is 0 Å². The van der Waals surface area contributed by atoms with E-state index in [2.05, 4.69) is 35.8 Å². The largest absolute Gasteiger partial charge is 0.355 e. The van der Waals surface area contributed by atoms with Gasteiger partial charge in [-0.3, -0.25) is 4.98 Å². The second kappa shape index (κ2) is 7.45. The summed E-state index contributed by atoms with van der Waals surface area (Å²) in [6.07, 6.45) is 7.13. The van der Waals surface area contributed by atoms with Crippen molar-refractivity contribution >= 4 is 34.3 Å². The molecule has 0 amide bonds. The average Bonchev–Trinajstić information content (AvgIpc) is 2.73. The third-order valence-corrected chi connectivity index (χ3v) is 6.00. The summed E-state index contributed by atoms with van der Waals surface area (Å²) >= 11 is 6.10. The highest BCUT2D eigenvalue weighted by molar-refractivity contribution is 6.31. The number of piperidine rings is 1. The van der Waals surface area contributed by atoms with E-state index in [4.69, 9.17) is 16.9 Å². The molecule has 8 heteroatoms. The van der Waals surface area contributed by atoms with Crippen molar-refractivity contribution in [2.24, 2.45) is 5.92 Å². The molecule has 0 saturated carbocycles. The molecule has 1 aromatic carbocycles. The first kappa shape index (κ1) is 18.1. The summed E-state index contributed by atoms with van der Waals surface area (Å²) < 4.78 is 0. The third kappa shape index (κ3) is 3.45. The summed E-state index contributed by atoms with van der Waals surface area (Å²) in [5.41, 5.74) is 1.88. The summed E-state index contributed by atoms with van der Waals surface area (Å²) in [4.78, 5) is 22.9. The molecule has 2 aliphatic heterocycles. The fraction of sp³-hybridized carbons (Fsp3) is 0.381. The average molecular weight is 406 g/mol. The number of halogens is 1. The van der Waals surface area contributed by atoms with Crippen LogP contribution in [-0.2, 0) is 0 Å². The quantitative estimate of drug-likeness (QED) is 0.660. The number of anilines is 2. The van der Waals surface area contributed by atoms with Gasteiger partial charge in [-0.2, -0.15) is 5.26 Å². The van der Waals surface area contributed by atoms with Crippen molar-refractivity contribution < 1.29 is 0 Å². The number of benzene rings is 1. The molecule has 2 aromatic heterocycles. The first-order chi connectivity index (χ1) is 14.2. The molecule has 2 saturated heterocycles. The Morgan fingerprint density at radius 3 is 2.62 bits per heavy atom. The normalized spacial score (nSPS) is 17.9. The Hall–Kier alpha value is -2.98. The summed E-state index contributed by atoms with van der Waals surface area (Å²) in [5, 5.41) is 10.8. The Bertz CT molecular complexity index is 1080. The monoisotopic (exact) mass is 405 g/mol. The lowest BCUT2D eigenvalue weighted by atomic mass is 9.94. The van der Waals surface area contributed by atoms with Crippen molar-refractivity contribution in [2.45, 2.75) is 18.8 Å². The van der Waals surface area contributed by atoms with Gasteiger partial charge in [0.15, 0.2) is 5.82 Å². The minimum atomic E-state index is 0.157. The fourth-order valence-electron chi connectivity index (χ4n) is 4.05. The maximum absolute atomic E-state index is 9.14. The van der Waals surface area contributed by atoms with Gasteiger partial charge in [-0.1, -0.05) is 11.6 Å².